The molecule has 2 nitrogen and oxygen atoms in total. The Balaban J connectivity index is 1.09. The van der Waals surface area contributed by atoms with Crippen LogP contribution in [0.3, 0.4) is 0 Å². The Kier molecular flexibility index (Phi) is 8.36. The molecule has 1 aliphatic carbocycles. The first-order chi connectivity index (χ1) is 29.2. The van der Waals surface area contributed by atoms with Crippen molar-refractivity contribution < 1.29 is 0 Å². The van der Waals surface area contributed by atoms with E-state index in [2.05, 4.69) is 231 Å². The molecule has 1 heterocycles. The van der Waals surface area contributed by atoms with Crippen molar-refractivity contribution in [3.05, 3.63) is 205 Å². The maximum Gasteiger partial charge on any atom is 0.0561 e. The van der Waals surface area contributed by atoms with Gasteiger partial charge in [-0.3, -0.25) is 0 Å². The van der Waals surface area contributed by atoms with Crippen LogP contribution in [0.15, 0.2) is 194 Å². The highest BCUT2D eigenvalue weighted by atomic mass is 15.1. The molecule has 0 radical (unpaired) electrons. The van der Waals surface area contributed by atoms with Gasteiger partial charge >= 0.3 is 0 Å². The van der Waals surface area contributed by atoms with Gasteiger partial charge < -0.3 is 9.47 Å². The van der Waals surface area contributed by atoms with Crippen LogP contribution in [0.1, 0.15) is 51.7 Å². The molecule has 10 aromatic rings. The number of para-hydroxylation sites is 1. The van der Waals surface area contributed by atoms with Crippen LogP contribution in [0.4, 0.5) is 17.1 Å². The van der Waals surface area contributed by atoms with Gasteiger partial charge in [-0.25, -0.2) is 0 Å². The van der Waals surface area contributed by atoms with E-state index in [-0.39, 0.29) is 10.8 Å². The molecule has 11 rings (SSSR count). The normalized spacial score (nSPS) is 14.5. The highest BCUT2D eigenvalue weighted by molar-refractivity contribution is 6.14. The number of benzene rings is 9. The zero-order valence-electron chi connectivity index (χ0n) is 34.8. The first-order valence-electron chi connectivity index (χ1n) is 21.4. The maximum absolute atomic E-state index is 2.50. The lowest BCUT2D eigenvalue weighted by Crippen LogP contribution is -2.33. The van der Waals surface area contributed by atoms with Crippen molar-refractivity contribution in [1.29, 1.82) is 0 Å². The van der Waals surface area contributed by atoms with Crippen LogP contribution in [0, 0.1) is 0 Å². The number of rotatable bonds is 6. The summed E-state index contributed by atoms with van der Waals surface area (Å²) in [5.74, 6) is 0. The lowest BCUT2D eigenvalue weighted by Gasteiger charge is -2.42. The minimum Gasteiger partial charge on any atom is -0.310 e. The number of fused-ring (bicyclic) bond motifs is 7. The average Bonchev–Trinajstić information content (AvgIpc) is 3.62. The summed E-state index contributed by atoms with van der Waals surface area (Å²) >= 11 is 0. The molecule has 1 aliphatic rings. The molecule has 0 unspecified atom stereocenters. The smallest absolute Gasteiger partial charge is 0.0561 e. The highest BCUT2D eigenvalue weighted by Gasteiger charge is 2.37. The molecule has 0 atom stereocenters. The summed E-state index contributed by atoms with van der Waals surface area (Å²) in [6.45, 7) is 9.66. The number of aromatic nitrogens is 1. The molecule has 0 fully saturated rings. The molecule has 0 saturated heterocycles. The number of hydrogen-bond donors (Lipinski definition) is 0. The molecule has 1 aromatic heterocycles. The molecule has 0 amide bonds. The maximum atomic E-state index is 2.50. The van der Waals surface area contributed by atoms with E-state index in [1.807, 2.05) is 0 Å². The van der Waals surface area contributed by atoms with E-state index >= 15 is 0 Å². The molecule has 0 N–H and O–H groups in total. The minimum atomic E-state index is 0.110. The number of anilines is 3. The fraction of sp³-hybridized carbons (Fsp3) is 0.138. The Labute approximate surface area is 353 Å². The van der Waals surface area contributed by atoms with Gasteiger partial charge in [-0.2, -0.15) is 0 Å². The van der Waals surface area contributed by atoms with Crippen LogP contribution in [0.5, 0.6) is 0 Å². The fourth-order valence-electron chi connectivity index (χ4n) is 10.1. The summed E-state index contributed by atoms with van der Waals surface area (Å²) in [5.41, 5.74) is 15.1. The Hall–Kier alpha value is -6.90. The summed E-state index contributed by atoms with van der Waals surface area (Å²) < 4.78 is 2.50. The largest absolute Gasteiger partial charge is 0.310 e. The van der Waals surface area contributed by atoms with Crippen molar-refractivity contribution in [2.45, 2.75) is 51.4 Å². The van der Waals surface area contributed by atoms with Gasteiger partial charge in [0.15, 0.2) is 0 Å². The third-order valence-electron chi connectivity index (χ3n) is 13.4. The van der Waals surface area contributed by atoms with Crippen molar-refractivity contribution in [3.63, 3.8) is 0 Å². The molecule has 0 spiro atoms. The summed E-state index contributed by atoms with van der Waals surface area (Å²) in [6, 6.07) is 71.9. The zero-order valence-corrected chi connectivity index (χ0v) is 34.8. The van der Waals surface area contributed by atoms with E-state index < -0.39 is 0 Å². The van der Waals surface area contributed by atoms with E-state index in [9.17, 15) is 0 Å². The Morgan fingerprint density at radius 1 is 0.383 bits per heavy atom. The van der Waals surface area contributed by atoms with Gasteiger partial charge in [-0.05, 0) is 139 Å². The molecule has 290 valence electrons. The molecular weight excluding hydrogens is 725 g/mol. The van der Waals surface area contributed by atoms with Crippen LogP contribution in [-0.2, 0) is 10.8 Å². The predicted octanol–water partition coefficient (Wildman–Crippen LogP) is 16.2. The number of nitrogens with zero attached hydrogens (tertiary/aromatic N) is 2. The van der Waals surface area contributed by atoms with E-state index in [1.54, 1.807) is 0 Å². The molecule has 9 aromatic carbocycles. The summed E-state index contributed by atoms with van der Waals surface area (Å²) in [4.78, 5) is 2.41. The van der Waals surface area contributed by atoms with Crippen LogP contribution in [-0.4, -0.2) is 4.57 Å². The van der Waals surface area contributed by atoms with Crippen LogP contribution < -0.4 is 4.90 Å². The van der Waals surface area contributed by atoms with E-state index in [4.69, 9.17) is 0 Å². The SMILES string of the molecule is CC1(C)CCC(C)(C)c2cc(-n3c4ccccc4c4ccc(N(c5ccc(-c6ccccc6)cc5)c5ccc(-c6cc7ccccc7c7ccccc67)cc5)cc43)ccc21. The molecular formula is C58H48N2. The standard InChI is InChI=1S/C58H48N2/c1-57(2)34-35-58(3,4)54-37-45(31-33-53(54)57)60-55-21-13-12-20-50(55)51-32-30-46(38-56(51)60)59(43-26-22-40(23-27-43)39-14-6-5-7-15-39)44-28-24-41(25-29-44)52-36-42-16-8-9-17-47(42)48-18-10-11-19-49(48)52/h5-33,36-38H,34-35H2,1-4H3. The van der Waals surface area contributed by atoms with Crippen molar-refractivity contribution in [1.82, 2.24) is 4.57 Å². The Bertz CT molecular complexity index is 3240. The lowest BCUT2D eigenvalue weighted by atomic mass is 9.63. The van der Waals surface area contributed by atoms with Gasteiger partial charge in [-0.1, -0.05) is 161 Å². The topological polar surface area (TPSA) is 8.17 Å². The third-order valence-corrected chi connectivity index (χ3v) is 13.4. The molecule has 0 saturated carbocycles. The van der Waals surface area contributed by atoms with E-state index in [0.717, 1.165) is 17.1 Å². The Morgan fingerprint density at radius 2 is 0.933 bits per heavy atom. The predicted molar refractivity (Wildman–Crippen MR) is 257 cm³/mol. The van der Waals surface area contributed by atoms with Gasteiger partial charge in [0.2, 0.25) is 0 Å². The molecule has 60 heavy (non-hydrogen) atoms. The van der Waals surface area contributed by atoms with Crippen molar-refractivity contribution >= 4 is 60.4 Å². The molecule has 2 heteroatoms. The molecule has 0 bridgehead atoms. The van der Waals surface area contributed by atoms with Gasteiger partial charge in [0.1, 0.15) is 0 Å². The van der Waals surface area contributed by atoms with Gasteiger partial charge in [0, 0.05) is 33.5 Å². The lowest BCUT2D eigenvalue weighted by molar-refractivity contribution is 0.332. The van der Waals surface area contributed by atoms with Crippen molar-refractivity contribution in [2.75, 3.05) is 4.90 Å². The zero-order chi connectivity index (χ0) is 40.6. The van der Waals surface area contributed by atoms with Crippen molar-refractivity contribution in [2.24, 2.45) is 0 Å². The second kappa shape index (κ2) is 13.9. The van der Waals surface area contributed by atoms with Gasteiger partial charge in [-0.15, -0.1) is 0 Å². The average molecular weight is 773 g/mol. The summed E-state index contributed by atoms with van der Waals surface area (Å²) in [7, 11) is 0. The summed E-state index contributed by atoms with van der Waals surface area (Å²) in [5, 5.41) is 7.61. The highest BCUT2D eigenvalue weighted by Crippen LogP contribution is 2.48. The Morgan fingerprint density at radius 3 is 1.67 bits per heavy atom. The first kappa shape index (κ1) is 36.2. The quantitative estimate of drug-likeness (QED) is 0.153. The molecule has 0 aliphatic heterocycles. The van der Waals surface area contributed by atoms with Crippen LogP contribution >= 0.6 is 0 Å². The third kappa shape index (κ3) is 5.93. The first-order valence-corrected chi connectivity index (χ1v) is 21.4. The van der Waals surface area contributed by atoms with Crippen LogP contribution in [0.2, 0.25) is 0 Å². The fourth-order valence-corrected chi connectivity index (χ4v) is 10.1. The van der Waals surface area contributed by atoms with Crippen LogP contribution in [0.25, 0.3) is 71.3 Å². The van der Waals surface area contributed by atoms with E-state index in [0.29, 0.717) is 0 Å². The van der Waals surface area contributed by atoms with Gasteiger partial charge in [0.05, 0.1) is 11.0 Å². The van der Waals surface area contributed by atoms with E-state index in [1.165, 1.54) is 95.3 Å². The van der Waals surface area contributed by atoms with Crippen molar-refractivity contribution in [3.8, 4) is 27.9 Å². The second-order valence-electron chi connectivity index (χ2n) is 18.0. The number of hydrogen-bond acceptors (Lipinski definition) is 1. The second-order valence-corrected chi connectivity index (χ2v) is 18.0. The monoisotopic (exact) mass is 772 g/mol. The minimum absolute atomic E-state index is 0.110. The van der Waals surface area contributed by atoms with Gasteiger partial charge in [0.25, 0.3) is 0 Å². The summed E-state index contributed by atoms with van der Waals surface area (Å²) in [6.07, 6.45) is 2.38.